The lowest BCUT2D eigenvalue weighted by atomic mass is 10.00. The van der Waals surface area contributed by atoms with Gasteiger partial charge in [-0.3, -0.25) is 4.79 Å². The predicted molar refractivity (Wildman–Crippen MR) is 161 cm³/mol. The Morgan fingerprint density at radius 1 is 0.634 bits per heavy atom. The average Bonchev–Trinajstić information content (AvgIpc) is 2.82. The molecule has 5 aliphatic rings. The van der Waals surface area contributed by atoms with Crippen LogP contribution < -0.4 is 5.32 Å². The molecule has 0 atom stereocenters. The van der Waals surface area contributed by atoms with Crippen LogP contribution in [0.5, 0.6) is 0 Å². The van der Waals surface area contributed by atoms with Crippen molar-refractivity contribution < 1.29 is 23.9 Å². The summed E-state index contributed by atoms with van der Waals surface area (Å²) in [4.78, 5) is 42.9. The van der Waals surface area contributed by atoms with Crippen LogP contribution in [0, 0.1) is 0 Å². The minimum absolute atomic E-state index is 0.153. The van der Waals surface area contributed by atoms with Crippen LogP contribution in [-0.4, -0.2) is 126 Å². The van der Waals surface area contributed by atoms with Crippen molar-refractivity contribution in [3.63, 3.8) is 0 Å². The molecule has 0 aromatic rings. The summed E-state index contributed by atoms with van der Waals surface area (Å²) in [5.74, 6) is 0.227. The highest BCUT2D eigenvalue weighted by Crippen LogP contribution is 2.22. The van der Waals surface area contributed by atoms with Gasteiger partial charge in [0.2, 0.25) is 0 Å². The van der Waals surface area contributed by atoms with Gasteiger partial charge in [-0.15, -0.1) is 0 Å². The quantitative estimate of drug-likeness (QED) is 0.522. The summed E-state index contributed by atoms with van der Waals surface area (Å²) >= 11 is 0. The van der Waals surface area contributed by atoms with Crippen LogP contribution >= 0.6 is 0 Å². The second-order valence-corrected chi connectivity index (χ2v) is 14.0. The maximum atomic E-state index is 11.9. The van der Waals surface area contributed by atoms with E-state index in [2.05, 4.69) is 15.1 Å². The number of rotatable bonds is 2. The number of Topliss-reactive ketones (excluding diaryl/α,β-unsaturated/α-hetero) is 1. The summed E-state index contributed by atoms with van der Waals surface area (Å²) < 4.78 is 10.6. The molecule has 0 aromatic heterocycles. The maximum Gasteiger partial charge on any atom is 0.410 e. The highest BCUT2D eigenvalue weighted by molar-refractivity contribution is 5.81. The van der Waals surface area contributed by atoms with Crippen molar-refractivity contribution >= 4 is 18.0 Å². The number of carbonyl (C=O) groups excluding carboxylic acids is 3. The molecule has 0 radical (unpaired) electrons. The molecule has 1 N–H and O–H groups in total. The monoisotopic (exact) mass is 579 g/mol. The Morgan fingerprint density at radius 2 is 1.02 bits per heavy atom. The van der Waals surface area contributed by atoms with Crippen molar-refractivity contribution in [2.24, 2.45) is 0 Å². The van der Waals surface area contributed by atoms with Crippen LogP contribution in [0.15, 0.2) is 0 Å². The standard InChI is InChI=1S/C13H24N2O2.C10H17NO3.C8H16N2/c1-13(2,3)17-12(16)15-9-5-11(6-10-15)14-7-4-8-14;1-10(2,3)14-9(13)11-6-4-8(12)5-7-11;1-6-10(7-1)8-2-4-9-5-3-8/h11H,4-10H2,1-3H3;4-7H2,1-3H3;8-9H,1-7H2. The molecule has 10 nitrogen and oxygen atoms in total. The summed E-state index contributed by atoms with van der Waals surface area (Å²) in [6.45, 7) is 21.6. The van der Waals surface area contributed by atoms with Gasteiger partial charge >= 0.3 is 12.2 Å². The van der Waals surface area contributed by atoms with Crippen molar-refractivity contribution in [2.75, 3.05) is 65.4 Å². The molecule has 5 aliphatic heterocycles. The van der Waals surface area contributed by atoms with Crippen LogP contribution in [-0.2, 0) is 14.3 Å². The third kappa shape index (κ3) is 12.1. The number of hydrogen-bond donors (Lipinski definition) is 1. The summed E-state index contributed by atoms with van der Waals surface area (Å²) in [5.41, 5.74) is -0.843. The summed E-state index contributed by atoms with van der Waals surface area (Å²) in [6.07, 6.45) is 8.16. The molecular weight excluding hydrogens is 522 g/mol. The zero-order valence-electron chi connectivity index (χ0n) is 26.7. The van der Waals surface area contributed by atoms with Gasteiger partial charge in [0, 0.05) is 51.1 Å². The smallest absolute Gasteiger partial charge is 0.410 e. The minimum Gasteiger partial charge on any atom is -0.444 e. The first kappa shape index (κ1) is 33.6. The molecule has 0 aromatic carbocycles. The number of piperidine rings is 3. The van der Waals surface area contributed by atoms with Crippen molar-refractivity contribution in [2.45, 2.75) is 116 Å². The zero-order valence-corrected chi connectivity index (χ0v) is 26.7. The van der Waals surface area contributed by atoms with Crippen LogP contribution in [0.2, 0.25) is 0 Å². The second-order valence-electron chi connectivity index (χ2n) is 14.0. The zero-order chi connectivity index (χ0) is 30.0. The number of ketones is 1. The van der Waals surface area contributed by atoms with Crippen LogP contribution in [0.25, 0.3) is 0 Å². The molecule has 5 fully saturated rings. The normalized spacial score (nSPS) is 23.2. The lowest BCUT2D eigenvalue weighted by Crippen LogP contribution is -2.51. The van der Waals surface area contributed by atoms with Crippen LogP contribution in [0.3, 0.4) is 0 Å². The SMILES string of the molecule is C1CN(C2CCNCC2)C1.CC(C)(C)OC(=O)N1CCC(=O)CC1.CC(C)(C)OC(=O)N1CCC(N2CCC2)CC1. The van der Waals surface area contributed by atoms with Crippen molar-refractivity contribution in [3.05, 3.63) is 0 Å². The lowest BCUT2D eigenvalue weighted by molar-refractivity contribution is -0.121. The molecule has 5 rings (SSSR count). The molecule has 0 bridgehead atoms. The Hall–Kier alpha value is -1.91. The lowest BCUT2D eigenvalue weighted by Gasteiger charge is -2.43. The van der Waals surface area contributed by atoms with Gasteiger partial charge in [0.15, 0.2) is 0 Å². The van der Waals surface area contributed by atoms with E-state index in [1.807, 2.05) is 46.4 Å². The third-order valence-corrected chi connectivity index (χ3v) is 8.21. The van der Waals surface area contributed by atoms with Crippen molar-refractivity contribution in [1.82, 2.24) is 24.9 Å². The van der Waals surface area contributed by atoms with Crippen LogP contribution in [0.1, 0.15) is 92.9 Å². The molecule has 5 heterocycles. The number of hydrogen-bond acceptors (Lipinski definition) is 8. The van der Waals surface area contributed by atoms with Crippen LogP contribution in [0.4, 0.5) is 9.59 Å². The number of amides is 2. The Morgan fingerprint density at radius 3 is 1.39 bits per heavy atom. The molecule has 2 amide bonds. The van der Waals surface area contributed by atoms with Gasteiger partial charge in [-0.2, -0.15) is 0 Å². The fraction of sp³-hybridized carbons (Fsp3) is 0.903. The molecule has 236 valence electrons. The van der Waals surface area contributed by atoms with Gasteiger partial charge in [-0.1, -0.05) is 0 Å². The first-order valence-corrected chi connectivity index (χ1v) is 16.0. The van der Waals surface area contributed by atoms with Gasteiger partial charge in [0.25, 0.3) is 0 Å². The third-order valence-electron chi connectivity index (χ3n) is 8.21. The van der Waals surface area contributed by atoms with E-state index < -0.39 is 5.60 Å². The number of ether oxygens (including phenoxy) is 2. The summed E-state index contributed by atoms with van der Waals surface area (Å²) in [7, 11) is 0. The number of nitrogens with one attached hydrogen (secondary N) is 1. The Labute approximate surface area is 248 Å². The highest BCUT2D eigenvalue weighted by atomic mass is 16.6. The maximum absolute atomic E-state index is 11.9. The molecule has 0 aliphatic carbocycles. The first-order valence-electron chi connectivity index (χ1n) is 16.0. The van der Waals surface area contributed by atoms with E-state index in [1.54, 1.807) is 4.90 Å². The van der Waals surface area contributed by atoms with E-state index in [-0.39, 0.29) is 23.6 Å². The molecule has 41 heavy (non-hydrogen) atoms. The summed E-state index contributed by atoms with van der Waals surface area (Å²) in [6, 6.07) is 1.62. The minimum atomic E-state index is -0.460. The molecular formula is C31H57N5O5. The second kappa shape index (κ2) is 15.5. The van der Waals surface area contributed by atoms with E-state index in [4.69, 9.17) is 9.47 Å². The van der Waals surface area contributed by atoms with Gasteiger partial charge in [-0.05, 0) is 119 Å². The topological polar surface area (TPSA) is 94.7 Å². The Kier molecular flexibility index (Phi) is 12.7. The number of likely N-dealkylation sites (tertiary alicyclic amines) is 4. The van der Waals surface area contributed by atoms with E-state index >= 15 is 0 Å². The molecule has 0 saturated carbocycles. The predicted octanol–water partition coefficient (Wildman–Crippen LogP) is 4.12. The van der Waals surface area contributed by atoms with E-state index in [9.17, 15) is 14.4 Å². The van der Waals surface area contributed by atoms with E-state index in [1.165, 1.54) is 65.0 Å². The van der Waals surface area contributed by atoms with Gasteiger partial charge in [-0.25, -0.2) is 9.59 Å². The van der Waals surface area contributed by atoms with Gasteiger partial charge in [0.05, 0.1) is 0 Å². The molecule has 5 saturated heterocycles. The van der Waals surface area contributed by atoms with Gasteiger partial charge < -0.3 is 34.4 Å². The van der Waals surface area contributed by atoms with E-state index in [0.717, 1.165) is 32.0 Å². The molecule has 10 heteroatoms. The Bertz CT molecular complexity index is 823. The fourth-order valence-corrected chi connectivity index (χ4v) is 5.59. The van der Waals surface area contributed by atoms with Crippen molar-refractivity contribution in [1.29, 1.82) is 0 Å². The first-order chi connectivity index (χ1) is 19.3. The largest absolute Gasteiger partial charge is 0.444 e. The van der Waals surface area contributed by atoms with E-state index in [0.29, 0.717) is 32.0 Å². The average molecular weight is 580 g/mol. The fourth-order valence-electron chi connectivity index (χ4n) is 5.59. The molecule has 0 spiro atoms. The number of nitrogens with zero attached hydrogens (tertiary/aromatic N) is 4. The highest BCUT2D eigenvalue weighted by Gasteiger charge is 2.31. The van der Waals surface area contributed by atoms with Crippen molar-refractivity contribution in [3.8, 4) is 0 Å². The Balaban J connectivity index is 0.000000175. The molecule has 0 unspecified atom stereocenters. The number of carbonyl (C=O) groups is 3. The summed E-state index contributed by atoms with van der Waals surface area (Å²) in [5, 5.41) is 3.39. The van der Waals surface area contributed by atoms with Gasteiger partial charge in [0.1, 0.15) is 17.0 Å².